The van der Waals surface area contributed by atoms with Gasteiger partial charge in [0.1, 0.15) is 0 Å². The number of nitrogens with two attached hydrogens (primary N) is 1. The van der Waals surface area contributed by atoms with Crippen LogP contribution in [0.25, 0.3) is 11.4 Å². The highest BCUT2D eigenvalue weighted by molar-refractivity contribution is 5.75. The molecule has 0 aliphatic heterocycles. The summed E-state index contributed by atoms with van der Waals surface area (Å²) in [6.45, 7) is 5.50. The molecule has 2 aromatic rings. The van der Waals surface area contributed by atoms with E-state index in [1.807, 2.05) is 24.3 Å². The average Bonchev–Trinajstić information content (AvgIpc) is 2.74. The van der Waals surface area contributed by atoms with Gasteiger partial charge in [0.05, 0.1) is 39.6 Å². The Kier molecular flexibility index (Phi) is 10.7. The average molecular weight is 404 g/mol. The van der Waals surface area contributed by atoms with Gasteiger partial charge in [-0.2, -0.15) is 0 Å². The minimum atomic E-state index is -0.0690. The number of ether oxygens (including phenoxy) is 3. The van der Waals surface area contributed by atoms with Gasteiger partial charge in [-0.05, 0) is 12.5 Å². The van der Waals surface area contributed by atoms with Crippen LogP contribution in [0.4, 0.5) is 0 Å². The molecule has 0 radical (unpaired) electrons. The van der Waals surface area contributed by atoms with E-state index < -0.39 is 0 Å². The van der Waals surface area contributed by atoms with Gasteiger partial charge in [-0.1, -0.05) is 24.3 Å². The Balaban J connectivity index is 1.54. The molecule has 1 aromatic heterocycles. The Labute approximate surface area is 170 Å². The van der Waals surface area contributed by atoms with Crippen LogP contribution in [-0.2, 0) is 25.5 Å². The summed E-state index contributed by atoms with van der Waals surface area (Å²) in [7, 11) is 0. The van der Waals surface area contributed by atoms with Gasteiger partial charge in [0.15, 0.2) is 5.82 Å². The highest BCUT2D eigenvalue weighted by atomic mass is 16.5. The summed E-state index contributed by atoms with van der Waals surface area (Å²) in [6.07, 6.45) is 0.298. The summed E-state index contributed by atoms with van der Waals surface area (Å²) < 4.78 is 15.9. The molecule has 0 fully saturated rings. The quantitative estimate of drug-likeness (QED) is 0.425. The fourth-order valence-corrected chi connectivity index (χ4v) is 2.25. The number of hydrogen-bond acceptors (Lipinski definition) is 9. The van der Waals surface area contributed by atoms with E-state index in [-0.39, 0.29) is 5.91 Å². The molecule has 1 amide bonds. The smallest absolute Gasteiger partial charge is 0.222 e. The summed E-state index contributed by atoms with van der Waals surface area (Å²) in [5, 5.41) is 18.7. The van der Waals surface area contributed by atoms with Gasteiger partial charge >= 0.3 is 0 Å². The summed E-state index contributed by atoms with van der Waals surface area (Å²) in [6, 6.07) is 7.56. The number of carbonyl (C=O) groups excluding carboxylic acids is 1. The van der Waals surface area contributed by atoms with Crippen molar-refractivity contribution in [2.45, 2.75) is 19.9 Å². The van der Waals surface area contributed by atoms with Crippen LogP contribution in [0.2, 0.25) is 0 Å². The minimum Gasteiger partial charge on any atom is -0.379 e. The monoisotopic (exact) mass is 404 g/mol. The molecule has 1 aromatic carbocycles. The van der Waals surface area contributed by atoms with Gasteiger partial charge in [0.25, 0.3) is 0 Å². The highest BCUT2D eigenvalue weighted by Crippen LogP contribution is 2.13. The first-order valence-corrected chi connectivity index (χ1v) is 9.52. The molecule has 0 unspecified atom stereocenters. The van der Waals surface area contributed by atoms with Gasteiger partial charge in [-0.15, -0.1) is 20.4 Å². The molecule has 0 spiro atoms. The lowest BCUT2D eigenvalue weighted by atomic mass is 10.1. The zero-order valence-corrected chi connectivity index (χ0v) is 16.7. The summed E-state index contributed by atoms with van der Waals surface area (Å²) in [4.78, 5) is 11.9. The third-order valence-electron chi connectivity index (χ3n) is 3.76. The summed E-state index contributed by atoms with van der Waals surface area (Å²) in [5.41, 5.74) is 7.10. The molecule has 158 valence electrons. The van der Waals surface area contributed by atoms with E-state index >= 15 is 0 Å². The second-order valence-electron chi connectivity index (χ2n) is 6.12. The first-order chi connectivity index (χ1) is 14.2. The van der Waals surface area contributed by atoms with Crippen LogP contribution in [0.5, 0.6) is 0 Å². The third-order valence-corrected chi connectivity index (χ3v) is 3.76. The van der Waals surface area contributed by atoms with Crippen molar-refractivity contribution in [2.75, 3.05) is 46.2 Å². The predicted octanol–water partition coefficient (Wildman–Crippen LogP) is 0.257. The number of nitrogens with zero attached hydrogens (tertiary/aromatic N) is 4. The van der Waals surface area contributed by atoms with Gasteiger partial charge in [0.2, 0.25) is 11.7 Å². The van der Waals surface area contributed by atoms with E-state index in [1.165, 1.54) is 0 Å². The van der Waals surface area contributed by atoms with Gasteiger partial charge in [0, 0.05) is 25.1 Å². The molecular weight excluding hydrogens is 376 g/mol. The first-order valence-electron chi connectivity index (χ1n) is 9.52. The number of hydrogen-bond donors (Lipinski definition) is 2. The molecule has 0 bridgehead atoms. The van der Waals surface area contributed by atoms with Crippen molar-refractivity contribution in [1.82, 2.24) is 25.7 Å². The van der Waals surface area contributed by atoms with Crippen LogP contribution >= 0.6 is 0 Å². The number of aromatic nitrogens is 4. The molecule has 29 heavy (non-hydrogen) atoms. The highest BCUT2D eigenvalue weighted by Gasteiger charge is 2.05. The lowest BCUT2D eigenvalue weighted by Crippen LogP contribution is -2.24. The lowest BCUT2D eigenvalue weighted by molar-refractivity contribution is -0.122. The zero-order valence-electron chi connectivity index (χ0n) is 16.7. The Hall–Kier alpha value is -2.53. The van der Waals surface area contributed by atoms with Crippen molar-refractivity contribution in [3.8, 4) is 11.4 Å². The standard InChI is InChI=1S/C19H28N6O4/c1-15-22-24-19(25-23-15)17-4-2-16(3-5-17)14-21-18(26)6-8-27-10-12-29-13-11-28-9-7-20/h2-5H,6-14,20H2,1H3,(H,21,26). The zero-order chi connectivity index (χ0) is 20.7. The molecule has 0 saturated heterocycles. The number of amides is 1. The molecule has 3 N–H and O–H groups in total. The second-order valence-corrected chi connectivity index (χ2v) is 6.12. The Morgan fingerprint density at radius 2 is 1.48 bits per heavy atom. The van der Waals surface area contributed by atoms with E-state index in [9.17, 15) is 4.79 Å². The molecule has 10 nitrogen and oxygen atoms in total. The Morgan fingerprint density at radius 3 is 2.10 bits per heavy atom. The topological polar surface area (TPSA) is 134 Å². The van der Waals surface area contributed by atoms with Crippen molar-refractivity contribution in [3.63, 3.8) is 0 Å². The first kappa shape index (κ1) is 22.8. The second kappa shape index (κ2) is 13.6. The van der Waals surface area contributed by atoms with Crippen molar-refractivity contribution in [1.29, 1.82) is 0 Å². The molecule has 2 rings (SSSR count). The van der Waals surface area contributed by atoms with E-state index in [2.05, 4.69) is 25.7 Å². The normalized spacial score (nSPS) is 10.8. The van der Waals surface area contributed by atoms with Gasteiger partial charge in [-0.25, -0.2) is 0 Å². The number of nitrogens with one attached hydrogen (secondary N) is 1. The van der Waals surface area contributed by atoms with Crippen molar-refractivity contribution in [2.24, 2.45) is 5.73 Å². The van der Waals surface area contributed by atoms with E-state index in [0.29, 0.717) is 70.8 Å². The maximum Gasteiger partial charge on any atom is 0.222 e. The van der Waals surface area contributed by atoms with E-state index in [4.69, 9.17) is 19.9 Å². The molecule has 0 atom stereocenters. The predicted molar refractivity (Wildman–Crippen MR) is 106 cm³/mol. The molecule has 0 saturated carbocycles. The van der Waals surface area contributed by atoms with Crippen LogP contribution < -0.4 is 11.1 Å². The Bertz CT molecular complexity index is 712. The van der Waals surface area contributed by atoms with Crippen LogP contribution in [0.1, 0.15) is 17.8 Å². The van der Waals surface area contributed by atoms with E-state index in [1.54, 1.807) is 6.92 Å². The van der Waals surface area contributed by atoms with Gasteiger partial charge in [-0.3, -0.25) is 4.79 Å². The third kappa shape index (κ3) is 9.48. The fourth-order valence-electron chi connectivity index (χ4n) is 2.25. The van der Waals surface area contributed by atoms with Crippen molar-refractivity contribution < 1.29 is 19.0 Å². The van der Waals surface area contributed by atoms with Crippen LogP contribution in [-0.4, -0.2) is 72.5 Å². The molecule has 0 aliphatic carbocycles. The number of rotatable bonds is 14. The lowest BCUT2D eigenvalue weighted by Gasteiger charge is -2.08. The minimum absolute atomic E-state index is 0.0690. The van der Waals surface area contributed by atoms with Gasteiger partial charge < -0.3 is 25.3 Å². The molecule has 0 aliphatic rings. The largest absolute Gasteiger partial charge is 0.379 e. The van der Waals surface area contributed by atoms with Crippen molar-refractivity contribution in [3.05, 3.63) is 35.7 Å². The number of aryl methyl sites for hydroxylation is 1. The summed E-state index contributed by atoms with van der Waals surface area (Å²) >= 11 is 0. The maximum atomic E-state index is 11.9. The van der Waals surface area contributed by atoms with Crippen molar-refractivity contribution >= 4 is 5.91 Å². The maximum absolute atomic E-state index is 11.9. The number of benzene rings is 1. The molecular formula is C19H28N6O4. The van der Waals surface area contributed by atoms with Crippen LogP contribution in [0, 0.1) is 6.92 Å². The van der Waals surface area contributed by atoms with Crippen LogP contribution in [0.3, 0.4) is 0 Å². The Morgan fingerprint density at radius 1 is 0.897 bits per heavy atom. The molecule has 10 heteroatoms. The van der Waals surface area contributed by atoms with E-state index in [0.717, 1.165) is 11.1 Å². The van der Waals surface area contributed by atoms with Crippen LogP contribution in [0.15, 0.2) is 24.3 Å². The number of carbonyl (C=O) groups is 1. The fraction of sp³-hybridized carbons (Fsp3) is 0.526. The molecule has 1 heterocycles. The SMILES string of the molecule is Cc1nnc(-c2ccc(CNC(=O)CCOCCOCCOCCN)cc2)nn1. The summed E-state index contributed by atoms with van der Waals surface area (Å²) in [5.74, 6) is 0.924.